The Labute approximate surface area is 124 Å². The van der Waals surface area contributed by atoms with Crippen molar-refractivity contribution in [1.82, 2.24) is 15.6 Å². The Hall–Kier alpha value is -1.88. The smallest absolute Gasteiger partial charge is 0.223 e. The molecule has 2 heterocycles. The Morgan fingerprint density at radius 3 is 3.00 bits per heavy atom. The first-order chi connectivity index (χ1) is 10.1. The van der Waals surface area contributed by atoms with Crippen molar-refractivity contribution < 1.29 is 9.21 Å². The van der Waals surface area contributed by atoms with Crippen LogP contribution in [0.1, 0.15) is 18.4 Å². The van der Waals surface area contributed by atoms with E-state index in [4.69, 9.17) is 4.42 Å². The van der Waals surface area contributed by atoms with Crippen LogP contribution in [0.4, 0.5) is 0 Å². The van der Waals surface area contributed by atoms with Crippen LogP contribution in [0.25, 0.3) is 11.1 Å². The van der Waals surface area contributed by atoms with Crippen LogP contribution in [0.15, 0.2) is 22.6 Å². The van der Waals surface area contributed by atoms with E-state index in [1.54, 1.807) is 0 Å². The summed E-state index contributed by atoms with van der Waals surface area (Å²) in [5.41, 5.74) is 2.83. The van der Waals surface area contributed by atoms with Crippen molar-refractivity contribution in [3.63, 3.8) is 0 Å². The number of carbonyl (C=O) groups is 1. The summed E-state index contributed by atoms with van der Waals surface area (Å²) in [5.74, 6) is 1.33. The monoisotopic (exact) mass is 287 g/mol. The van der Waals surface area contributed by atoms with Crippen LogP contribution in [0.2, 0.25) is 0 Å². The molecule has 1 aromatic carbocycles. The average molecular weight is 287 g/mol. The molecule has 1 aromatic heterocycles. The number of aromatic nitrogens is 1. The number of fused-ring (bicyclic) bond motifs is 1. The van der Waals surface area contributed by atoms with Gasteiger partial charge in [-0.05, 0) is 37.6 Å². The first-order valence-electron chi connectivity index (χ1n) is 7.48. The van der Waals surface area contributed by atoms with Gasteiger partial charge in [-0.2, -0.15) is 0 Å². The van der Waals surface area contributed by atoms with E-state index in [0.29, 0.717) is 24.8 Å². The molecule has 5 nitrogen and oxygen atoms in total. The maximum absolute atomic E-state index is 12.0. The molecule has 1 unspecified atom stereocenters. The number of oxazole rings is 1. The van der Waals surface area contributed by atoms with E-state index in [9.17, 15) is 4.79 Å². The number of carbonyl (C=O) groups excluding carboxylic acids is 1. The number of aryl methyl sites for hydroxylation is 1. The number of hydrogen-bond donors (Lipinski definition) is 2. The maximum atomic E-state index is 12.0. The van der Waals surface area contributed by atoms with Crippen molar-refractivity contribution in [2.45, 2.75) is 20.3 Å². The first-order valence-corrected chi connectivity index (χ1v) is 7.48. The quantitative estimate of drug-likeness (QED) is 0.877. The van der Waals surface area contributed by atoms with E-state index in [1.165, 1.54) is 0 Å². The summed E-state index contributed by atoms with van der Waals surface area (Å²) in [6.45, 7) is 6.46. The lowest BCUT2D eigenvalue weighted by molar-refractivity contribution is -0.126. The standard InChI is InChI=1S/C16H21N3O2/c1-10-4-3-5-13-15(10)19-14(21-13)6-7-18-16(20)11(2)12-8-17-9-12/h3-5,11-12,17H,6-9H2,1-2H3,(H,18,20). The van der Waals surface area contributed by atoms with Crippen molar-refractivity contribution in [3.8, 4) is 0 Å². The van der Waals surface area contributed by atoms with Crippen molar-refractivity contribution in [2.75, 3.05) is 19.6 Å². The maximum Gasteiger partial charge on any atom is 0.223 e. The molecule has 3 rings (SSSR count). The van der Waals surface area contributed by atoms with Gasteiger partial charge in [-0.1, -0.05) is 19.1 Å². The topological polar surface area (TPSA) is 67.2 Å². The molecule has 0 spiro atoms. The number of rotatable bonds is 5. The third-order valence-corrected chi connectivity index (χ3v) is 4.24. The Morgan fingerprint density at radius 1 is 1.52 bits per heavy atom. The summed E-state index contributed by atoms with van der Waals surface area (Å²) in [4.78, 5) is 16.5. The summed E-state index contributed by atoms with van der Waals surface area (Å²) >= 11 is 0. The summed E-state index contributed by atoms with van der Waals surface area (Å²) in [6.07, 6.45) is 0.621. The predicted molar refractivity (Wildman–Crippen MR) is 81.0 cm³/mol. The van der Waals surface area contributed by atoms with Gasteiger partial charge in [0.05, 0.1) is 0 Å². The van der Waals surface area contributed by atoms with E-state index < -0.39 is 0 Å². The van der Waals surface area contributed by atoms with Crippen LogP contribution in [0.3, 0.4) is 0 Å². The molecule has 21 heavy (non-hydrogen) atoms. The summed E-state index contributed by atoms with van der Waals surface area (Å²) in [7, 11) is 0. The summed E-state index contributed by atoms with van der Waals surface area (Å²) in [5, 5.41) is 6.17. The third kappa shape index (κ3) is 2.93. The molecular formula is C16H21N3O2. The minimum absolute atomic E-state index is 0.0668. The first kappa shape index (κ1) is 14.1. The number of hydrogen-bond acceptors (Lipinski definition) is 4. The van der Waals surface area contributed by atoms with Gasteiger partial charge in [-0.25, -0.2) is 4.98 Å². The number of nitrogens with zero attached hydrogens (tertiary/aromatic N) is 1. The molecule has 1 aliphatic rings. The molecule has 1 aliphatic heterocycles. The molecule has 1 saturated heterocycles. The van der Waals surface area contributed by atoms with Crippen LogP contribution in [0, 0.1) is 18.8 Å². The van der Waals surface area contributed by atoms with E-state index in [-0.39, 0.29) is 11.8 Å². The molecule has 1 atom stereocenters. The Morgan fingerprint density at radius 2 is 2.33 bits per heavy atom. The fourth-order valence-corrected chi connectivity index (χ4v) is 2.57. The zero-order chi connectivity index (χ0) is 14.8. The number of para-hydroxylation sites is 1. The van der Waals surface area contributed by atoms with Crippen LogP contribution in [0.5, 0.6) is 0 Å². The van der Waals surface area contributed by atoms with E-state index in [2.05, 4.69) is 15.6 Å². The van der Waals surface area contributed by atoms with Gasteiger partial charge >= 0.3 is 0 Å². The van der Waals surface area contributed by atoms with E-state index in [1.807, 2.05) is 32.0 Å². The van der Waals surface area contributed by atoms with Crippen molar-refractivity contribution in [2.24, 2.45) is 11.8 Å². The van der Waals surface area contributed by atoms with Gasteiger partial charge in [0, 0.05) is 18.9 Å². The van der Waals surface area contributed by atoms with Crippen molar-refractivity contribution in [1.29, 1.82) is 0 Å². The molecule has 1 amide bonds. The highest BCUT2D eigenvalue weighted by atomic mass is 16.3. The SMILES string of the molecule is Cc1cccc2oc(CCNC(=O)C(C)C3CNC3)nc12. The molecule has 5 heteroatoms. The van der Waals surface area contributed by atoms with E-state index in [0.717, 1.165) is 29.8 Å². The minimum atomic E-state index is 0.0668. The molecule has 0 aliphatic carbocycles. The zero-order valence-corrected chi connectivity index (χ0v) is 12.5. The van der Waals surface area contributed by atoms with Crippen LogP contribution >= 0.6 is 0 Å². The van der Waals surface area contributed by atoms with E-state index >= 15 is 0 Å². The fourth-order valence-electron chi connectivity index (χ4n) is 2.57. The van der Waals surface area contributed by atoms with Gasteiger partial charge in [0.1, 0.15) is 5.52 Å². The van der Waals surface area contributed by atoms with Crippen molar-refractivity contribution >= 4 is 17.0 Å². The van der Waals surface area contributed by atoms with Gasteiger partial charge < -0.3 is 15.1 Å². The van der Waals surface area contributed by atoms with Crippen LogP contribution < -0.4 is 10.6 Å². The lowest BCUT2D eigenvalue weighted by Gasteiger charge is -2.31. The lowest BCUT2D eigenvalue weighted by atomic mass is 9.88. The van der Waals surface area contributed by atoms with Crippen molar-refractivity contribution in [3.05, 3.63) is 29.7 Å². The van der Waals surface area contributed by atoms with Gasteiger partial charge in [0.25, 0.3) is 0 Å². The summed E-state index contributed by atoms with van der Waals surface area (Å²) in [6, 6.07) is 5.90. The predicted octanol–water partition coefficient (Wildman–Crippen LogP) is 1.65. The number of amides is 1. The number of benzene rings is 1. The van der Waals surface area contributed by atoms with Gasteiger partial charge in [0.2, 0.25) is 5.91 Å². The molecule has 112 valence electrons. The second kappa shape index (κ2) is 5.85. The molecular weight excluding hydrogens is 266 g/mol. The molecule has 0 bridgehead atoms. The average Bonchev–Trinajstić information content (AvgIpc) is 2.81. The highest BCUT2D eigenvalue weighted by molar-refractivity contribution is 5.79. The molecule has 2 N–H and O–H groups in total. The highest BCUT2D eigenvalue weighted by Gasteiger charge is 2.28. The molecule has 0 radical (unpaired) electrons. The fraction of sp³-hybridized carbons (Fsp3) is 0.500. The lowest BCUT2D eigenvalue weighted by Crippen LogP contribution is -2.49. The minimum Gasteiger partial charge on any atom is -0.441 e. The molecule has 1 fully saturated rings. The Kier molecular flexibility index (Phi) is 3.92. The van der Waals surface area contributed by atoms with Gasteiger partial charge in [-0.3, -0.25) is 4.79 Å². The molecule has 0 saturated carbocycles. The Balaban J connectivity index is 1.54. The second-order valence-electron chi connectivity index (χ2n) is 5.78. The third-order valence-electron chi connectivity index (χ3n) is 4.24. The molecule has 2 aromatic rings. The second-order valence-corrected chi connectivity index (χ2v) is 5.78. The summed E-state index contributed by atoms with van der Waals surface area (Å²) < 4.78 is 5.70. The zero-order valence-electron chi connectivity index (χ0n) is 12.5. The highest BCUT2D eigenvalue weighted by Crippen LogP contribution is 2.19. The normalized spacial score (nSPS) is 16.7. The van der Waals surface area contributed by atoms with Crippen LogP contribution in [-0.2, 0) is 11.2 Å². The largest absolute Gasteiger partial charge is 0.441 e. The van der Waals surface area contributed by atoms with Gasteiger partial charge in [-0.15, -0.1) is 0 Å². The van der Waals surface area contributed by atoms with Crippen LogP contribution in [-0.4, -0.2) is 30.5 Å². The Bertz CT molecular complexity index is 646. The van der Waals surface area contributed by atoms with Gasteiger partial charge in [0.15, 0.2) is 11.5 Å². The number of nitrogens with one attached hydrogen (secondary N) is 2.